The van der Waals surface area contributed by atoms with Gasteiger partial charge < -0.3 is 25.3 Å². The van der Waals surface area contributed by atoms with Gasteiger partial charge in [-0.25, -0.2) is 0 Å². The van der Waals surface area contributed by atoms with Crippen molar-refractivity contribution in [1.29, 1.82) is 0 Å². The molecule has 102 valence electrons. The fourth-order valence-corrected chi connectivity index (χ4v) is 3.21. The highest BCUT2D eigenvalue weighted by atomic mass is 32.1. The maximum atomic E-state index is 11.0. The standard InChI is InChI=1S/C5H14N2O7P2S/c6-5(8)4(1-17)7(2-15(9,10)11)3-16(12,13)14/h4,17H,1-3H2,(H2,6,8)(H2,9,10,11)(H2,12,13,14). The van der Waals surface area contributed by atoms with Gasteiger partial charge in [0.25, 0.3) is 0 Å². The molecule has 0 aliphatic heterocycles. The summed E-state index contributed by atoms with van der Waals surface area (Å²) in [6.45, 7) is 0. The molecular formula is C5H14N2O7P2S. The molecule has 17 heavy (non-hydrogen) atoms. The average molecular weight is 308 g/mol. The zero-order chi connectivity index (χ0) is 13.9. The number of rotatable bonds is 7. The third-order valence-electron chi connectivity index (χ3n) is 1.67. The summed E-state index contributed by atoms with van der Waals surface area (Å²) in [6, 6.07) is -1.27. The molecule has 12 heteroatoms. The predicted octanol–water partition coefficient (Wildman–Crippen LogP) is -1.66. The molecule has 0 spiro atoms. The Labute approximate surface area is 103 Å². The van der Waals surface area contributed by atoms with E-state index in [1.54, 1.807) is 0 Å². The molecule has 0 aromatic carbocycles. The Morgan fingerprint density at radius 2 is 1.53 bits per heavy atom. The monoisotopic (exact) mass is 308 g/mol. The highest BCUT2D eigenvalue weighted by Crippen LogP contribution is 2.41. The summed E-state index contributed by atoms with van der Waals surface area (Å²) in [7, 11) is -9.15. The molecule has 0 radical (unpaired) electrons. The average Bonchev–Trinajstić information content (AvgIpc) is 1.96. The lowest BCUT2D eigenvalue weighted by Crippen LogP contribution is -2.46. The summed E-state index contributed by atoms with van der Waals surface area (Å²) in [5.74, 6) is -1.18. The molecule has 0 heterocycles. The number of nitrogens with two attached hydrogens (primary N) is 1. The number of primary amides is 1. The molecule has 0 bridgehead atoms. The van der Waals surface area contributed by atoms with Crippen molar-refractivity contribution in [2.24, 2.45) is 5.73 Å². The van der Waals surface area contributed by atoms with Crippen LogP contribution in [0.1, 0.15) is 0 Å². The van der Waals surface area contributed by atoms with Crippen molar-refractivity contribution < 1.29 is 33.5 Å². The first-order valence-electron chi connectivity index (χ1n) is 4.19. The zero-order valence-electron chi connectivity index (χ0n) is 8.58. The molecule has 0 aliphatic carbocycles. The zero-order valence-corrected chi connectivity index (χ0v) is 11.3. The summed E-state index contributed by atoms with van der Waals surface area (Å²) in [6.07, 6.45) is -1.96. The van der Waals surface area contributed by atoms with E-state index >= 15 is 0 Å². The molecule has 0 fully saturated rings. The minimum Gasteiger partial charge on any atom is -0.368 e. The normalized spacial score (nSPS) is 14.9. The van der Waals surface area contributed by atoms with Crippen LogP contribution < -0.4 is 5.73 Å². The maximum absolute atomic E-state index is 11.0. The first kappa shape index (κ1) is 17.1. The molecule has 0 saturated heterocycles. The molecule has 1 atom stereocenters. The van der Waals surface area contributed by atoms with Gasteiger partial charge in [-0.3, -0.25) is 18.8 Å². The van der Waals surface area contributed by atoms with Crippen LogP contribution >= 0.6 is 27.8 Å². The van der Waals surface area contributed by atoms with Gasteiger partial charge in [0, 0.05) is 5.75 Å². The van der Waals surface area contributed by atoms with Gasteiger partial charge in [0.15, 0.2) is 0 Å². The minimum atomic E-state index is -4.57. The van der Waals surface area contributed by atoms with Gasteiger partial charge >= 0.3 is 15.2 Å². The SMILES string of the molecule is NC(=O)C(CS)N(CP(=O)(O)O)CP(=O)(O)O. The van der Waals surface area contributed by atoms with E-state index in [0.717, 1.165) is 0 Å². The van der Waals surface area contributed by atoms with Crippen molar-refractivity contribution in [2.45, 2.75) is 6.04 Å². The van der Waals surface area contributed by atoms with Gasteiger partial charge in [-0.15, -0.1) is 0 Å². The van der Waals surface area contributed by atoms with E-state index in [1.165, 1.54) is 0 Å². The molecule has 0 rings (SSSR count). The maximum Gasteiger partial charge on any atom is 0.339 e. The van der Waals surface area contributed by atoms with Crippen molar-refractivity contribution in [3.63, 3.8) is 0 Å². The second kappa shape index (κ2) is 6.31. The van der Waals surface area contributed by atoms with E-state index in [0.29, 0.717) is 4.90 Å². The molecule has 6 N–H and O–H groups in total. The highest BCUT2D eigenvalue weighted by molar-refractivity contribution is 7.80. The third kappa shape index (κ3) is 7.91. The van der Waals surface area contributed by atoms with Crippen molar-refractivity contribution in [1.82, 2.24) is 4.90 Å². The van der Waals surface area contributed by atoms with Crippen LogP contribution in [0.2, 0.25) is 0 Å². The quantitative estimate of drug-likeness (QED) is 0.240. The van der Waals surface area contributed by atoms with Crippen LogP contribution in [0.4, 0.5) is 0 Å². The number of hydrogen-bond donors (Lipinski definition) is 6. The van der Waals surface area contributed by atoms with E-state index in [-0.39, 0.29) is 5.75 Å². The second-order valence-corrected chi connectivity index (χ2v) is 6.89. The van der Waals surface area contributed by atoms with Crippen molar-refractivity contribution in [3.05, 3.63) is 0 Å². The van der Waals surface area contributed by atoms with Gasteiger partial charge in [0.05, 0.1) is 6.04 Å². The topological polar surface area (TPSA) is 161 Å². The van der Waals surface area contributed by atoms with Gasteiger partial charge in [0.2, 0.25) is 5.91 Å². The Morgan fingerprint density at radius 1 is 1.18 bits per heavy atom. The molecular weight excluding hydrogens is 294 g/mol. The van der Waals surface area contributed by atoms with Crippen LogP contribution in [0.3, 0.4) is 0 Å². The van der Waals surface area contributed by atoms with Crippen LogP contribution in [0.5, 0.6) is 0 Å². The minimum absolute atomic E-state index is 0.213. The van der Waals surface area contributed by atoms with E-state index in [4.69, 9.17) is 25.3 Å². The number of thiol groups is 1. The van der Waals surface area contributed by atoms with E-state index < -0.39 is 39.7 Å². The first-order valence-corrected chi connectivity index (χ1v) is 8.42. The molecule has 0 saturated carbocycles. The summed E-state index contributed by atoms with van der Waals surface area (Å²) in [5.41, 5.74) is 4.95. The predicted molar refractivity (Wildman–Crippen MR) is 62.5 cm³/mol. The number of nitrogens with zero attached hydrogens (tertiary/aromatic N) is 1. The first-order chi connectivity index (χ1) is 7.46. The lowest BCUT2D eigenvalue weighted by molar-refractivity contribution is -0.121. The Morgan fingerprint density at radius 3 is 1.71 bits per heavy atom. The fraction of sp³-hybridized carbons (Fsp3) is 0.800. The van der Waals surface area contributed by atoms with Gasteiger partial charge in [-0.05, 0) is 0 Å². The Bertz CT molecular complexity index is 341. The molecule has 0 aromatic heterocycles. The van der Waals surface area contributed by atoms with E-state index in [1.807, 2.05) is 0 Å². The van der Waals surface area contributed by atoms with Crippen LogP contribution in [0.15, 0.2) is 0 Å². The van der Waals surface area contributed by atoms with Crippen molar-refractivity contribution >= 4 is 33.7 Å². The van der Waals surface area contributed by atoms with Crippen LogP contribution in [0, 0.1) is 0 Å². The van der Waals surface area contributed by atoms with Gasteiger partial charge in [-0.1, -0.05) is 0 Å². The molecule has 9 nitrogen and oxygen atoms in total. The smallest absolute Gasteiger partial charge is 0.339 e. The van der Waals surface area contributed by atoms with Crippen LogP contribution in [-0.4, -0.2) is 54.7 Å². The van der Waals surface area contributed by atoms with E-state index in [2.05, 4.69) is 12.6 Å². The number of amides is 1. The van der Waals surface area contributed by atoms with Crippen LogP contribution in [-0.2, 0) is 13.9 Å². The summed E-state index contributed by atoms with van der Waals surface area (Å²) < 4.78 is 21.6. The Kier molecular flexibility index (Phi) is 6.34. The fourth-order valence-electron chi connectivity index (χ4n) is 1.10. The summed E-state index contributed by atoms with van der Waals surface area (Å²) in [4.78, 5) is 46.6. The number of carbonyl (C=O) groups is 1. The lowest BCUT2D eigenvalue weighted by atomic mass is 10.3. The summed E-state index contributed by atoms with van der Waals surface area (Å²) >= 11 is 3.75. The highest BCUT2D eigenvalue weighted by Gasteiger charge is 2.33. The third-order valence-corrected chi connectivity index (χ3v) is 3.48. The molecule has 0 aromatic rings. The summed E-state index contributed by atoms with van der Waals surface area (Å²) in [5, 5.41) is 0. The molecule has 1 amide bonds. The Balaban J connectivity index is 5.02. The Hall–Kier alpha value is 0.0800. The van der Waals surface area contributed by atoms with Crippen LogP contribution in [0.25, 0.3) is 0 Å². The van der Waals surface area contributed by atoms with Gasteiger partial charge in [-0.2, -0.15) is 12.6 Å². The second-order valence-electron chi connectivity index (χ2n) is 3.30. The largest absolute Gasteiger partial charge is 0.368 e. The van der Waals surface area contributed by atoms with Gasteiger partial charge in [0.1, 0.15) is 12.6 Å². The molecule has 0 aliphatic rings. The van der Waals surface area contributed by atoms with E-state index in [9.17, 15) is 13.9 Å². The van der Waals surface area contributed by atoms with Crippen molar-refractivity contribution in [2.75, 3.05) is 18.3 Å². The molecule has 1 unspecified atom stereocenters. The number of carbonyl (C=O) groups excluding carboxylic acids is 1. The number of hydrogen-bond acceptors (Lipinski definition) is 5. The van der Waals surface area contributed by atoms with Crippen molar-refractivity contribution in [3.8, 4) is 0 Å². The lowest BCUT2D eigenvalue weighted by Gasteiger charge is -2.28.